The van der Waals surface area contributed by atoms with Crippen LogP contribution in [-0.2, 0) is 16.1 Å². The van der Waals surface area contributed by atoms with Crippen molar-refractivity contribution in [1.82, 2.24) is 10.2 Å². The van der Waals surface area contributed by atoms with E-state index in [0.29, 0.717) is 30.3 Å². The molecule has 5 nitrogen and oxygen atoms in total. The van der Waals surface area contributed by atoms with E-state index in [-0.39, 0.29) is 18.4 Å². The second-order valence-corrected chi connectivity index (χ2v) is 8.18. The van der Waals surface area contributed by atoms with E-state index in [1.54, 1.807) is 23.1 Å². The zero-order chi connectivity index (χ0) is 22.8. The van der Waals surface area contributed by atoms with Crippen molar-refractivity contribution in [2.24, 2.45) is 0 Å². The Morgan fingerprint density at radius 3 is 2.42 bits per heavy atom. The topological polar surface area (TPSA) is 58.6 Å². The zero-order valence-corrected chi connectivity index (χ0v) is 19.7. The Hall–Kier alpha value is -2.53. The molecule has 0 unspecified atom stereocenters. The number of nitrogens with zero attached hydrogens (tertiary/aromatic N) is 1. The van der Waals surface area contributed by atoms with Gasteiger partial charge in [0, 0.05) is 18.1 Å². The fourth-order valence-corrected chi connectivity index (χ4v) is 3.37. The molecule has 0 radical (unpaired) electrons. The Balaban J connectivity index is 2.17. The summed E-state index contributed by atoms with van der Waals surface area (Å²) < 4.78 is 5.73. The van der Waals surface area contributed by atoms with Gasteiger partial charge in [-0.3, -0.25) is 9.59 Å². The van der Waals surface area contributed by atoms with Gasteiger partial charge in [0.2, 0.25) is 5.91 Å². The van der Waals surface area contributed by atoms with Gasteiger partial charge in [-0.15, -0.1) is 0 Å². The van der Waals surface area contributed by atoms with Gasteiger partial charge in [0.25, 0.3) is 5.91 Å². The average Bonchev–Trinajstić information content (AvgIpc) is 2.75. The molecule has 0 aliphatic carbocycles. The van der Waals surface area contributed by atoms with Gasteiger partial charge >= 0.3 is 0 Å². The molecule has 2 rings (SSSR count). The molecule has 168 valence electrons. The number of hydrogen-bond donors (Lipinski definition) is 1. The molecular weight excluding hydrogens is 412 g/mol. The first-order chi connectivity index (χ1) is 14.8. The molecule has 2 aromatic rings. The quantitative estimate of drug-likeness (QED) is 0.493. The number of ether oxygens (including phenoxy) is 1. The lowest BCUT2D eigenvalue weighted by molar-refractivity contribution is -0.143. The van der Waals surface area contributed by atoms with Crippen molar-refractivity contribution in [3.63, 3.8) is 0 Å². The summed E-state index contributed by atoms with van der Waals surface area (Å²) in [7, 11) is 0. The molecule has 0 bridgehead atoms. The molecule has 0 aliphatic rings. The molecule has 0 saturated carbocycles. The van der Waals surface area contributed by atoms with E-state index in [0.717, 1.165) is 29.5 Å². The third-order valence-corrected chi connectivity index (χ3v) is 5.60. The molecule has 2 aromatic carbocycles. The summed E-state index contributed by atoms with van der Waals surface area (Å²) in [6.07, 6.45) is 2.43. The van der Waals surface area contributed by atoms with E-state index in [1.165, 1.54) is 0 Å². The largest absolute Gasteiger partial charge is 0.484 e. The Bertz CT molecular complexity index is 868. The Morgan fingerprint density at radius 1 is 1.10 bits per heavy atom. The highest BCUT2D eigenvalue weighted by atomic mass is 35.5. The molecule has 31 heavy (non-hydrogen) atoms. The van der Waals surface area contributed by atoms with Crippen LogP contribution in [0, 0.1) is 13.8 Å². The normalized spacial score (nSPS) is 11.6. The number of benzene rings is 2. The standard InChI is InChI=1S/C25H33ClN2O3/c1-5-7-14-27-25(30)23(6-2)28(16-20-10-8-18(3)9-11-20)24(29)17-31-21-12-13-22(26)19(4)15-21/h8-13,15,23H,5-7,14,16-17H2,1-4H3,(H,27,30)/t23-/m1/s1. The second kappa shape index (κ2) is 12.4. The van der Waals surface area contributed by atoms with E-state index < -0.39 is 6.04 Å². The van der Waals surface area contributed by atoms with Crippen molar-refractivity contribution in [3.8, 4) is 5.75 Å². The number of halogens is 1. The highest BCUT2D eigenvalue weighted by Gasteiger charge is 2.28. The van der Waals surface area contributed by atoms with Crippen LogP contribution >= 0.6 is 11.6 Å². The lowest BCUT2D eigenvalue weighted by Crippen LogP contribution is -2.50. The fraction of sp³-hybridized carbons (Fsp3) is 0.440. The van der Waals surface area contributed by atoms with E-state index in [2.05, 4.69) is 12.2 Å². The molecule has 0 spiro atoms. The summed E-state index contributed by atoms with van der Waals surface area (Å²) in [5, 5.41) is 3.61. The number of amides is 2. The third-order valence-electron chi connectivity index (χ3n) is 5.18. The average molecular weight is 445 g/mol. The molecule has 6 heteroatoms. The van der Waals surface area contributed by atoms with Gasteiger partial charge in [0.1, 0.15) is 11.8 Å². The van der Waals surface area contributed by atoms with Crippen LogP contribution in [0.5, 0.6) is 5.75 Å². The van der Waals surface area contributed by atoms with Crippen molar-refractivity contribution in [1.29, 1.82) is 0 Å². The molecule has 1 atom stereocenters. The van der Waals surface area contributed by atoms with E-state index in [1.807, 2.05) is 45.0 Å². The van der Waals surface area contributed by atoms with Crippen molar-refractivity contribution >= 4 is 23.4 Å². The SMILES string of the molecule is CCCCNC(=O)[C@@H](CC)N(Cc1ccc(C)cc1)C(=O)COc1ccc(Cl)c(C)c1. The van der Waals surface area contributed by atoms with E-state index in [4.69, 9.17) is 16.3 Å². The van der Waals surface area contributed by atoms with Crippen LogP contribution in [0.4, 0.5) is 0 Å². The van der Waals surface area contributed by atoms with Gasteiger partial charge in [-0.05, 0) is 56.0 Å². The van der Waals surface area contributed by atoms with Crippen molar-refractivity contribution in [2.75, 3.05) is 13.2 Å². The predicted octanol–water partition coefficient (Wildman–Crippen LogP) is 5.06. The van der Waals surface area contributed by atoms with Crippen LogP contribution in [0.2, 0.25) is 5.02 Å². The van der Waals surface area contributed by atoms with Gasteiger partial charge in [-0.2, -0.15) is 0 Å². The summed E-state index contributed by atoms with van der Waals surface area (Å²) in [5.74, 6) is 0.218. The van der Waals surface area contributed by atoms with Crippen LogP contribution in [0.1, 0.15) is 49.8 Å². The zero-order valence-electron chi connectivity index (χ0n) is 18.9. The Kier molecular flexibility index (Phi) is 9.86. The van der Waals surface area contributed by atoms with Gasteiger partial charge in [-0.25, -0.2) is 0 Å². The first-order valence-electron chi connectivity index (χ1n) is 10.9. The molecule has 1 N–H and O–H groups in total. The number of carbonyl (C=O) groups is 2. The number of unbranched alkanes of at least 4 members (excludes halogenated alkanes) is 1. The van der Waals surface area contributed by atoms with Crippen LogP contribution in [0.15, 0.2) is 42.5 Å². The summed E-state index contributed by atoms with van der Waals surface area (Å²) in [6.45, 7) is 8.71. The summed E-state index contributed by atoms with van der Waals surface area (Å²) in [6, 6.07) is 12.7. The maximum Gasteiger partial charge on any atom is 0.261 e. The van der Waals surface area contributed by atoms with Gasteiger partial charge in [0.15, 0.2) is 6.61 Å². The van der Waals surface area contributed by atoms with Crippen LogP contribution in [-0.4, -0.2) is 35.9 Å². The Morgan fingerprint density at radius 2 is 1.81 bits per heavy atom. The van der Waals surface area contributed by atoms with Crippen LogP contribution in [0.3, 0.4) is 0 Å². The number of hydrogen-bond acceptors (Lipinski definition) is 3. The minimum atomic E-state index is -0.554. The lowest BCUT2D eigenvalue weighted by atomic mass is 10.1. The van der Waals surface area contributed by atoms with Gasteiger partial charge < -0.3 is 15.0 Å². The fourth-order valence-electron chi connectivity index (χ4n) is 3.25. The maximum atomic E-state index is 13.2. The number of aryl methyl sites for hydroxylation is 2. The molecule has 0 heterocycles. The molecular formula is C25H33ClN2O3. The summed E-state index contributed by atoms with van der Waals surface area (Å²) in [5.41, 5.74) is 3.00. The van der Waals surface area contributed by atoms with Crippen molar-refractivity contribution in [3.05, 3.63) is 64.2 Å². The van der Waals surface area contributed by atoms with Crippen LogP contribution < -0.4 is 10.1 Å². The maximum absolute atomic E-state index is 13.2. The van der Waals surface area contributed by atoms with E-state index in [9.17, 15) is 9.59 Å². The molecule has 2 amide bonds. The van der Waals surface area contributed by atoms with Gasteiger partial charge in [0.05, 0.1) is 0 Å². The van der Waals surface area contributed by atoms with Gasteiger partial charge in [-0.1, -0.05) is 61.7 Å². The number of carbonyl (C=O) groups excluding carboxylic acids is 2. The molecule has 0 aliphatic heterocycles. The first kappa shape index (κ1) is 24.7. The monoisotopic (exact) mass is 444 g/mol. The summed E-state index contributed by atoms with van der Waals surface area (Å²) in [4.78, 5) is 27.6. The Labute approximate surface area is 190 Å². The smallest absolute Gasteiger partial charge is 0.261 e. The van der Waals surface area contributed by atoms with Crippen LogP contribution in [0.25, 0.3) is 0 Å². The predicted molar refractivity (Wildman–Crippen MR) is 125 cm³/mol. The third kappa shape index (κ3) is 7.59. The highest BCUT2D eigenvalue weighted by Crippen LogP contribution is 2.21. The van der Waals surface area contributed by atoms with Crippen molar-refractivity contribution < 1.29 is 14.3 Å². The molecule has 0 aromatic heterocycles. The minimum Gasteiger partial charge on any atom is -0.484 e. The lowest BCUT2D eigenvalue weighted by Gasteiger charge is -2.30. The summed E-state index contributed by atoms with van der Waals surface area (Å²) >= 11 is 6.07. The second-order valence-electron chi connectivity index (χ2n) is 7.78. The first-order valence-corrected chi connectivity index (χ1v) is 11.2. The highest BCUT2D eigenvalue weighted by molar-refractivity contribution is 6.31. The number of nitrogens with one attached hydrogen (secondary N) is 1. The number of rotatable bonds is 11. The molecule has 0 fully saturated rings. The van der Waals surface area contributed by atoms with Crippen molar-refractivity contribution in [2.45, 2.75) is 59.5 Å². The minimum absolute atomic E-state index is 0.126. The van der Waals surface area contributed by atoms with E-state index >= 15 is 0 Å². The molecule has 0 saturated heterocycles.